The monoisotopic (exact) mass is 276 g/mol. The third-order valence-electron chi connectivity index (χ3n) is 2.64. The van der Waals surface area contributed by atoms with E-state index in [9.17, 15) is 4.79 Å². The first-order chi connectivity index (χ1) is 9.25. The summed E-state index contributed by atoms with van der Waals surface area (Å²) in [4.78, 5) is 16.7. The average Bonchev–Trinajstić information content (AvgIpc) is 3.04. The number of aryl methyl sites for hydroxylation is 2. The topological polar surface area (TPSA) is 70.7 Å². The molecule has 0 aliphatic heterocycles. The van der Waals surface area contributed by atoms with Gasteiger partial charge in [0.05, 0.1) is 0 Å². The molecular weight excluding hydrogens is 260 g/mol. The SMILES string of the molecule is Cc1ccsc1C=CC(=O)NCCCc1ncn[nH]1. The van der Waals surface area contributed by atoms with E-state index >= 15 is 0 Å². The first-order valence-electron chi connectivity index (χ1n) is 6.10. The van der Waals surface area contributed by atoms with Crippen LogP contribution in [0.15, 0.2) is 23.8 Å². The number of hydrogen-bond acceptors (Lipinski definition) is 4. The molecule has 0 bridgehead atoms. The van der Waals surface area contributed by atoms with E-state index < -0.39 is 0 Å². The molecule has 19 heavy (non-hydrogen) atoms. The molecule has 0 spiro atoms. The zero-order valence-corrected chi connectivity index (χ0v) is 11.5. The number of rotatable bonds is 6. The van der Waals surface area contributed by atoms with E-state index in [4.69, 9.17) is 0 Å². The molecule has 0 fully saturated rings. The van der Waals surface area contributed by atoms with E-state index in [1.54, 1.807) is 17.4 Å². The summed E-state index contributed by atoms with van der Waals surface area (Å²) < 4.78 is 0. The molecule has 100 valence electrons. The first kappa shape index (κ1) is 13.5. The molecule has 6 heteroatoms. The standard InChI is InChI=1S/C13H16N4OS/c1-10-6-8-19-11(10)4-5-13(18)14-7-2-3-12-15-9-16-17-12/h4-6,8-9H,2-3,7H2,1H3,(H,14,18)(H,15,16,17). The third kappa shape index (κ3) is 4.33. The molecule has 2 heterocycles. The van der Waals surface area contributed by atoms with Crippen LogP contribution in [-0.2, 0) is 11.2 Å². The zero-order valence-electron chi connectivity index (χ0n) is 10.7. The molecule has 0 saturated heterocycles. The van der Waals surface area contributed by atoms with Gasteiger partial charge in [0.1, 0.15) is 12.2 Å². The van der Waals surface area contributed by atoms with Crippen LogP contribution in [-0.4, -0.2) is 27.6 Å². The largest absolute Gasteiger partial charge is 0.353 e. The lowest BCUT2D eigenvalue weighted by Crippen LogP contribution is -2.22. The van der Waals surface area contributed by atoms with Crippen LogP contribution in [0.4, 0.5) is 0 Å². The lowest BCUT2D eigenvalue weighted by molar-refractivity contribution is -0.116. The Balaban J connectivity index is 1.67. The summed E-state index contributed by atoms with van der Waals surface area (Å²) in [5.41, 5.74) is 1.19. The Morgan fingerprint density at radius 2 is 2.47 bits per heavy atom. The van der Waals surface area contributed by atoms with Gasteiger partial charge in [-0.2, -0.15) is 5.10 Å². The number of thiophene rings is 1. The highest BCUT2D eigenvalue weighted by Gasteiger charge is 1.99. The molecule has 1 amide bonds. The van der Waals surface area contributed by atoms with Crippen LogP contribution in [0.5, 0.6) is 0 Å². The van der Waals surface area contributed by atoms with E-state index in [0.717, 1.165) is 23.5 Å². The van der Waals surface area contributed by atoms with Crippen molar-refractivity contribution >= 4 is 23.3 Å². The Kier molecular flexibility index (Phi) is 4.85. The smallest absolute Gasteiger partial charge is 0.244 e. The van der Waals surface area contributed by atoms with Gasteiger partial charge in [-0.1, -0.05) is 0 Å². The molecule has 0 atom stereocenters. The van der Waals surface area contributed by atoms with Crippen molar-refractivity contribution in [1.82, 2.24) is 20.5 Å². The van der Waals surface area contributed by atoms with E-state index in [0.29, 0.717) is 6.54 Å². The van der Waals surface area contributed by atoms with Crippen molar-refractivity contribution in [3.63, 3.8) is 0 Å². The van der Waals surface area contributed by atoms with Gasteiger partial charge in [0.25, 0.3) is 0 Å². The summed E-state index contributed by atoms with van der Waals surface area (Å²) in [6.07, 6.45) is 6.54. The van der Waals surface area contributed by atoms with Crippen LogP contribution in [0.1, 0.15) is 22.7 Å². The number of aromatic amines is 1. The molecule has 2 rings (SSSR count). The fraction of sp³-hybridized carbons (Fsp3) is 0.308. The van der Waals surface area contributed by atoms with Crippen molar-refractivity contribution in [2.75, 3.05) is 6.54 Å². The molecule has 0 aliphatic carbocycles. The number of nitrogens with zero attached hydrogens (tertiary/aromatic N) is 2. The van der Waals surface area contributed by atoms with Crippen LogP contribution in [0.3, 0.4) is 0 Å². The molecular formula is C13H16N4OS. The summed E-state index contributed by atoms with van der Waals surface area (Å²) in [5, 5.41) is 11.4. The van der Waals surface area contributed by atoms with Crippen LogP contribution in [0.2, 0.25) is 0 Å². The highest BCUT2D eigenvalue weighted by molar-refractivity contribution is 7.11. The van der Waals surface area contributed by atoms with Crippen LogP contribution >= 0.6 is 11.3 Å². The fourth-order valence-electron chi connectivity index (χ4n) is 1.58. The van der Waals surface area contributed by atoms with Gasteiger partial charge in [-0.25, -0.2) is 4.98 Å². The Labute approximate surface area is 115 Å². The zero-order chi connectivity index (χ0) is 13.5. The average molecular weight is 276 g/mol. The maximum atomic E-state index is 11.6. The minimum absolute atomic E-state index is 0.0645. The lowest BCUT2D eigenvalue weighted by atomic mass is 10.2. The van der Waals surface area contributed by atoms with Crippen molar-refractivity contribution in [2.45, 2.75) is 19.8 Å². The normalized spacial score (nSPS) is 11.0. The van der Waals surface area contributed by atoms with Crippen LogP contribution < -0.4 is 5.32 Å². The molecule has 2 aromatic rings. The van der Waals surface area contributed by atoms with Gasteiger partial charge < -0.3 is 5.32 Å². The molecule has 5 nitrogen and oxygen atoms in total. The minimum Gasteiger partial charge on any atom is -0.353 e. The second-order valence-electron chi connectivity index (χ2n) is 4.13. The predicted molar refractivity (Wildman–Crippen MR) is 75.8 cm³/mol. The fourth-order valence-corrected chi connectivity index (χ4v) is 2.40. The summed E-state index contributed by atoms with van der Waals surface area (Å²) in [6.45, 7) is 2.67. The van der Waals surface area contributed by atoms with Crippen molar-refractivity contribution in [3.8, 4) is 0 Å². The molecule has 2 aromatic heterocycles. The number of nitrogens with one attached hydrogen (secondary N) is 2. The Hall–Kier alpha value is -1.95. The van der Waals surface area contributed by atoms with Gasteiger partial charge in [-0.05, 0) is 36.4 Å². The maximum absolute atomic E-state index is 11.6. The van der Waals surface area contributed by atoms with E-state index in [2.05, 4.69) is 20.5 Å². The van der Waals surface area contributed by atoms with Crippen molar-refractivity contribution < 1.29 is 4.79 Å². The molecule has 0 radical (unpaired) electrons. The number of H-pyrrole nitrogens is 1. The van der Waals surface area contributed by atoms with Crippen LogP contribution in [0.25, 0.3) is 6.08 Å². The second kappa shape index (κ2) is 6.84. The maximum Gasteiger partial charge on any atom is 0.244 e. The Bertz CT molecular complexity index is 545. The summed E-state index contributed by atoms with van der Waals surface area (Å²) in [5.74, 6) is 0.782. The van der Waals surface area contributed by atoms with Gasteiger partial charge in [0, 0.05) is 23.9 Å². The quantitative estimate of drug-likeness (QED) is 0.625. The van der Waals surface area contributed by atoms with Crippen molar-refractivity contribution in [3.05, 3.63) is 40.1 Å². The second-order valence-corrected chi connectivity index (χ2v) is 5.08. The Morgan fingerprint density at radius 3 is 3.16 bits per heavy atom. The van der Waals surface area contributed by atoms with Gasteiger partial charge in [-0.15, -0.1) is 11.3 Å². The van der Waals surface area contributed by atoms with Crippen molar-refractivity contribution in [2.24, 2.45) is 0 Å². The summed E-state index contributed by atoms with van der Waals surface area (Å²) in [6, 6.07) is 2.04. The molecule has 0 saturated carbocycles. The van der Waals surface area contributed by atoms with Gasteiger partial charge >= 0.3 is 0 Å². The number of hydrogen-bond donors (Lipinski definition) is 2. The minimum atomic E-state index is -0.0645. The number of aromatic nitrogens is 3. The van der Waals surface area contributed by atoms with Gasteiger partial charge in [0.15, 0.2) is 0 Å². The van der Waals surface area contributed by atoms with E-state index in [1.165, 1.54) is 11.9 Å². The van der Waals surface area contributed by atoms with Gasteiger partial charge in [-0.3, -0.25) is 9.89 Å². The van der Waals surface area contributed by atoms with E-state index in [1.807, 2.05) is 24.4 Å². The molecule has 2 N–H and O–H groups in total. The number of amides is 1. The molecule has 0 aliphatic rings. The highest BCUT2D eigenvalue weighted by atomic mass is 32.1. The van der Waals surface area contributed by atoms with Crippen molar-refractivity contribution in [1.29, 1.82) is 0 Å². The highest BCUT2D eigenvalue weighted by Crippen LogP contribution is 2.16. The van der Waals surface area contributed by atoms with Gasteiger partial charge in [0.2, 0.25) is 5.91 Å². The van der Waals surface area contributed by atoms with Crippen LogP contribution in [0, 0.1) is 6.92 Å². The number of carbonyl (C=O) groups is 1. The Morgan fingerprint density at radius 1 is 1.58 bits per heavy atom. The lowest BCUT2D eigenvalue weighted by Gasteiger charge is -2.00. The summed E-state index contributed by atoms with van der Waals surface area (Å²) in [7, 11) is 0. The van der Waals surface area contributed by atoms with E-state index in [-0.39, 0.29) is 5.91 Å². The molecule has 0 unspecified atom stereocenters. The predicted octanol–water partition coefficient (Wildman–Crippen LogP) is 1.94. The third-order valence-corrected chi connectivity index (χ3v) is 3.63. The number of carbonyl (C=O) groups excluding carboxylic acids is 1. The first-order valence-corrected chi connectivity index (χ1v) is 6.98. The summed E-state index contributed by atoms with van der Waals surface area (Å²) >= 11 is 1.63. The molecule has 0 aromatic carbocycles.